The molecule has 1 nitrogen and oxygen atoms in total. The molecule has 0 spiro atoms. The van der Waals surface area contributed by atoms with E-state index in [1.807, 2.05) is 0 Å². The summed E-state index contributed by atoms with van der Waals surface area (Å²) in [6.45, 7) is 0. The van der Waals surface area contributed by atoms with E-state index < -0.39 is 0 Å². The van der Waals surface area contributed by atoms with Crippen LogP contribution in [0.15, 0.2) is 0 Å². The molecule has 1 fully saturated rings. The predicted molar refractivity (Wildman–Crippen MR) is 38.3 cm³/mol. The van der Waals surface area contributed by atoms with Crippen LogP contribution in [-0.2, 0) is 4.94 Å². The van der Waals surface area contributed by atoms with E-state index in [2.05, 4.69) is 4.94 Å². The van der Waals surface area contributed by atoms with Gasteiger partial charge in [0.2, 0.25) is 0 Å². The Morgan fingerprint density at radius 1 is 0.900 bits per heavy atom. The van der Waals surface area contributed by atoms with Gasteiger partial charge in [0, 0.05) is 0 Å². The maximum absolute atomic E-state index is 11.7. The predicted octanol–water partition coefficient (Wildman–Crippen LogP) is 3.00. The third-order valence-electron chi connectivity index (χ3n) is 2.18. The Balaban J connectivity index is 2.16. The first-order valence-corrected chi connectivity index (χ1v) is 4.21. The Labute approximate surface area is 61.5 Å². The van der Waals surface area contributed by atoms with E-state index in [9.17, 15) is 4.53 Å². The molecule has 0 amide bonds. The Hall–Kier alpha value is -0.110. The van der Waals surface area contributed by atoms with Crippen LogP contribution in [0, 0.1) is 0 Å². The smallest absolute Gasteiger partial charge is 0.0983 e. The summed E-state index contributed by atoms with van der Waals surface area (Å²) < 4.78 is 11.7. The molecule has 10 heavy (non-hydrogen) atoms. The highest BCUT2D eigenvalue weighted by Gasteiger charge is 2.11. The minimum Gasteiger partial charge on any atom is -0.191 e. The summed E-state index contributed by atoms with van der Waals surface area (Å²) in [5, 5.41) is 0. The first-order valence-electron chi connectivity index (χ1n) is 4.21. The molecule has 1 aliphatic carbocycles. The Morgan fingerprint density at radius 2 is 1.40 bits per heavy atom. The fraction of sp³-hybridized carbons (Fsp3) is 1.00. The third-order valence-corrected chi connectivity index (χ3v) is 2.18. The van der Waals surface area contributed by atoms with Gasteiger partial charge in [-0.3, -0.25) is 0 Å². The van der Waals surface area contributed by atoms with Crippen LogP contribution in [0.5, 0.6) is 0 Å². The second-order valence-corrected chi connectivity index (χ2v) is 3.06. The van der Waals surface area contributed by atoms with Gasteiger partial charge in [0.05, 0.1) is 6.10 Å². The van der Waals surface area contributed by atoms with E-state index in [1.165, 1.54) is 19.3 Å². The molecule has 0 aromatic heterocycles. The third kappa shape index (κ3) is 2.65. The summed E-state index contributed by atoms with van der Waals surface area (Å²) in [5.74, 6) is 0. The summed E-state index contributed by atoms with van der Waals surface area (Å²) in [6.07, 6.45) is 7.81. The van der Waals surface area contributed by atoms with Gasteiger partial charge in [-0.1, -0.05) is 32.1 Å². The number of rotatable bonds is 1. The van der Waals surface area contributed by atoms with Gasteiger partial charge in [-0.2, -0.15) is 4.94 Å². The van der Waals surface area contributed by atoms with Crippen molar-refractivity contribution in [2.24, 2.45) is 0 Å². The molecule has 0 aromatic rings. The molecule has 1 saturated carbocycles. The molecular formula is C8H15FO. The molecule has 1 rings (SSSR count). The second kappa shape index (κ2) is 4.67. The summed E-state index contributed by atoms with van der Waals surface area (Å²) in [6, 6.07) is 0. The molecule has 0 saturated heterocycles. The molecular weight excluding hydrogens is 131 g/mol. The lowest BCUT2D eigenvalue weighted by molar-refractivity contribution is -0.184. The molecule has 2 heteroatoms. The molecule has 0 unspecified atom stereocenters. The van der Waals surface area contributed by atoms with Crippen LogP contribution in [0.2, 0.25) is 0 Å². The van der Waals surface area contributed by atoms with Gasteiger partial charge >= 0.3 is 0 Å². The fourth-order valence-electron chi connectivity index (χ4n) is 1.51. The van der Waals surface area contributed by atoms with Crippen molar-refractivity contribution in [3.05, 3.63) is 0 Å². The Kier molecular flexibility index (Phi) is 3.73. The average molecular weight is 146 g/mol. The van der Waals surface area contributed by atoms with Crippen LogP contribution in [0.4, 0.5) is 4.53 Å². The van der Waals surface area contributed by atoms with Crippen molar-refractivity contribution in [3.8, 4) is 0 Å². The number of hydrogen-bond donors (Lipinski definition) is 0. The van der Waals surface area contributed by atoms with Gasteiger partial charge in [-0.15, -0.1) is 0 Å². The zero-order chi connectivity index (χ0) is 7.23. The number of hydrogen-bond acceptors (Lipinski definition) is 1. The number of halogens is 1. The lowest BCUT2D eigenvalue weighted by atomic mass is 9.99. The van der Waals surface area contributed by atoms with E-state index in [1.54, 1.807) is 0 Å². The molecule has 0 N–H and O–H groups in total. The first-order chi connectivity index (χ1) is 4.93. The summed E-state index contributed by atoms with van der Waals surface area (Å²) in [4.78, 5) is 3.83. The van der Waals surface area contributed by atoms with E-state index in [0.29, 0.717) is 0 Å². The van der Waals surface area contributed by atoms with Crippen molar-refractivity contribution < 1.29 is 9.47 Å². The maximum atomic E-state index is 11.7. The van der Waals surface area contributed by atoms with Crippen molar-refractivity contribution in [1.29, 1.82) is 0 Å². The Bertz CT molecular complexity index is 77.3. The van der Waals surface area contributed by atoms with Crippen molar-refractivity contribution in [1.82, 2.24) is 0 Å². The minimum atomic E-state index is -0.0969. The van der Waals surface area contributed by atoms with Crippen LogP contribution in [0.1, 0.15) is 44.9 Å². The van der Waals surface area contributed by atoms with Crippen LogP contribution >= 0.6 is 0 Å². The monoisotopic (exact) mass is 146 g/mol. The SMILES string of the molecule is FOC1CCCCCCC1. The lowest BCUT2D eigenvalue weighted by Crippen LogP contribution is -2.09. The van der Waals surface area contributed by atoms with Crippen molar-refractivity contribution in [2.75, 3.05) is 0 Å². The normalized spacial score (nSPS) is 23.7. The topological polar surface area (TPSA) is 9.23 Å². The van der Waals surface area contributed by atoms with Crippen molar-refractivity contribution in [3.63, 3.8) is 0 Å². The summed E-state index contributed by atoms with van der Waals surface area (Å²) >= 11 is 0. The molecule has 0 bridgehead atoms. The molecule has 0 heterocycles. The van der Waals surface area contributed by atoms with E-state index in [0.717, 1.165) is 25.7 Å². The van der Waals surface area contributed by atoms with Gasteiger partial charge in [0.25, 0.3) is 0 Å². The standard InChI is InChI=1S/C8H15FO/c9-10-8-6-4-2-1-3-5-7-8/h8H,1-7H2. The van der Waals surface area contributed by atoms with Crippen molar-refractivity contribution >= 4 is 0 Å². The minimum absolute atomic E-state index is 0.0969. The highest BCUT2D eigenvalue weighted by atomic mass is 19.3. The van der Waals surface area contributed by atoms with Gasteiger partial charge in [-0.25, -0.2) is 0 Å². The first kappa shape index (κ1) is 7.99. The largest absolute Gasteiger partial charge is 0.191 e. The maximum Gasteiger partial charge on any atom is 0.0983 e. The molecule has 1 aliphatic rings. The highest BCUT2D eigenvalue weighted by Crippen LogP contribution is 2.19. The summed E-state index contributed by atoms with van der Waals surface area (Å²) in [5.41, 5.74) is 0. The molecule has 0 radical (unpaired) electrons. The molecule has 0 aliphatic heterocycles. The molecule has 0 atom stereocenters. The van der Waals surface area contributed by atoms with Crippen LogP contribution in [-0.4, -0.2) is 6.10 Å². The van der Waals surface area contributed by atoms with E-state index in [4.69, 9.17) is 0 Å². The van der Waals surface area contributed by atoms with Crippen LogP contribution in [0.25, 0.3) is 0 Å². The zero-order valence-corrected chi connectivity index (χ0v) is 6.31. The quantitative estimate of drug-likeness (QED) is 0.552. The zero-order valence-electron chi connectivity index (χ0n) is 6.31. The van der Waals surface area contributed by atoms with Gasteiger partial charge in [0.15, 0.2) is 0 Å². The lowest BCUT2D eigenvalue weighted by Gasteiger charge is -2.14. The van der Waals surface area contributed by atoms with Gasteiger partial charge < -0.3 is 0 Å². The second-order valence-electron chi connectivity index (χ2n) is 3.06. The van der Waals surface area contributed by atoms with E-state index in [-0.39, 0.29) is 6.10 Å². The van der Waals surface area contributed by atoms with Crippen LogP contribution < -0.4 is 0 Å². The summed E-state index contributed by atoms with van der Waals surface area (Å²) in [7, 11) is 0. The van der Waals surface area contributed by atoms with Gasteiger partial charge in [0.1, 0.15) is 0 Å². The Morgan fingerprint density at radius 3 is 1.90 bits per heavy atom. The molecule has 60 valence electrons. The van der Waals surface area contributed by atoms with E-state index >= 15 is 0 Å². The van der Waals surface area contributed by atoms with Crippen LogP contribution in [0.3, 0.4) is 0 Å². The highest BCUT2D eigenvalue weighted by molar-refractivity contribution is 4.61. The fourth-order valence-corrected chi connectivity index (χ4v) is 1.51. The van der Waals surface area contributed by atoms with Gasteiger partial charge in [-0.05, 0) is 17.4 Å². The van der Waals surface area contributed by atoms with Crippen molar-refractivity contribution in [2.45, 2.75) is 51.0 Å². The molecule has 0 aromatic carbocycles. The average Bonchev–Trinajstić information content (AvgIpc) is 1.87.